The average molecular weight is 493 g/mol. The molecule has 3 saturated heterocycles. The second-order valence-electron chi connectivity index (χ2n) is 9.45. The Morgan fingerprint density at radius 3 is 2.64 bits per heavy atom. The topological polar surface area (TPSA) is 96.6 Å². The van der Waals surface area contributed by atoms with Crippen molar-refractivity contribution in [3.05, 3.63) is 53.9 Å². The summed E-state index contributed by atoms with van der Waals surface area (Å²) in [5, 5.41) is 3.49. The number of anilines is 2. The summed E-state index contributed by atoms with van der Waals surface area (Å²) >= 11 is 0. The molecule has 0 aliphatic carbocycles. The van der Waals surface area contributed by atoms with Crippen molar-refractivity contribution < 1.29 is 18.3 Å². The Morgan fingerprint density at radius 1 is 1.17 bits per heavy atom. The molecule has 3 aliphatic heterocycles. The highest BCUT2D eigenvalue weighted by Gasteiger charge is 2.39. The predicted octanol–water partition coefficient (Wildman–Crippen LogP) is 2.96. The van der Waals surface area contributed by atoms with Crippen molar-refractivity contribution in [3.63, 3.8) is 0 Å². The number of nitrogens with one attached hydrogen (secondary N) is 1. The average Bonchev–Trinajstić information content (AvgIpc) is 3.47. The number of aromatic nitrogens is 2. The molecule has 186 valence electrons. The van der Waals surface area contributed by atoms with Gasteiger partial charge in [0.15, 0.2) is 5.82 Å². The van der Waals surface area contributed by atoms with Gasteiger partial charge in [-0.2, -0.15) is 0 Å². The first-order valence-electron chi connectivity index (χ1n) is 12.0. The number of carbonyl (C=O) groups is 1. The van der Waals surface area contributed by atoms with Crippen LogP contribution in [0.2, 0.25) is 0 Å². The van der Waals surface area contributed by atoms with Gasteiger partial charge in [-0.05, 0) is 37.1 Å². The fourth-order valence-electron chi connectivity index (χ4n) is 5.44. The number of nitrogens with zero attached hydrogens (tertiary/aromatic N) is 4. The molecule has 3 aliphatic rings. The zero-order valence-electron chi connectivity index (χ0n) is 19.8. The Hall–Kier alpha value is -3.79. The number of piperazine rings is 1. The van der Waals surface area contributed by atoms with E-state index in [4.69, 9.17) is 10.5 Å². The van der Waals surface area contributed by atoms with Gasteiger partial charge in [0.05, 0.1) is 18.4 Å². The first kappa shape index (κ1) is 22.7. The standard InChI is InChI=1S/C26H26F2N6O2/c1-36-22-5-2-4-18(27)23(22)26-31-12-17(24(32-26)25(29)35)16-9-19(28)21(33-6-3-7-33)10-20(16)34-13-14-8-15(34)11-30-14/h2,4-5,9-10,12,14-15,30H,3,6-8,11,13H2,1H3,(H2,29,35)/t14-,15-/m0/s1. The maximum atomic E-state index is 15.4. The maximum absolute atomic E-state index is 15.4. The molecule has 0 spiro atoms. The smallest absolute Gasteiger partial charge is 0.268 e. The normalized spacial score (nSPS) is 20.5. The second kappa shape index (κ2) is 8.70. The van der Waals surface area contributed by atoms with Crippen molar-refractivity contribution in [1.82, 2.24) is 15.3 Å². The Kier molecular flexibility index (Phi) is 5.48. The summed E-state index contributed by atoms with van der Waals surface area (Å²) in [6.45, 7) is 3.22. The number of nitrogens with two attached hydrogens (primary N) is 1. The van der Waals surface area contributed by atoms with Crippen LogP contribution in [0, 0.1) is 11.6 Å². The Labute approximate surface area is 207 Å². The van der Waals surface area contributed by atoms with E-state index in [-0.39, 0.29) is 34.7 Å². The van der Waals surface area contributed by atoms with Crippen LogP contribution in [0.1, 0.15) is 23.3 Å². The van der Waals surface area contributed by atoms with Gasteiger partial charge in [0, 0.05) is 61.3 Å². The molecule has 2 atom stereocenters. The SMILES string of the molecule is COc1cccc(F)c1-c1ncc(-c2cc(F)c(N3CCC3)cc2N2C[C@@H]3C[C@H]2CN3)c(C(N)=O)n1. The molecule has 3 N–H and O–H groups in total. The third-order valence-corrected chi connectivity index (χ3v) is 7.36. The number of hydrogen-bond acceptors (Lipinski definition) is 7. The number of hydrogen-bond donors (Lipinski definition) is 2. The minimum atomic E-state index is -0.813. The summed E-state index contributed by atoms with van der Waals surface area (Å²) in [6.07, 6.45) is 3.44. The predicted molar refractivity (Wildman–Crippen MR) is 132 cm³/mol. The number of ether oxygens (including phenoxy) is 1. The molecule has 6 rings (SSSR count). The number of primary amides is 1. The lowest BCUT2D eigenvalue weighted by Crippen LogP contribution is -2.44. The van der Waals surface area contributed by atoms with Crippen LogP contribution in [0.4, 0.5) is 20.2 Å². The van der Waals surface area contributed by atoms with Crippen LogP contribution in [-0.4, -0.2) is 61.2 Å². The molecular formula is C26H26F2N6O2. The van der Waals surface area contributed by atoms with Crippen LogP contribution in [-0.2, 0) is 0 Å². The van der Waals surface area contributed by atoms with Crippen molar-refractivity contribution in [2.75, 3.05) is 43.1 Å². The molecule has 0 unspecified atom stereocenters. The summed E-state index contributed by atoms with van der Waals surface area (Å²) in [5.41, 5.74) is 7.82. The lowest BCUT2D eigenvalue weighted by molar-refractivity contribution is 0.0996. The van der Waals surface area contributed by atoms with E-state index in [1.54, 1.807) is 6.07 Å². The van der Waals surface area contributed by atoms with E-state index in [0.29, 0.717) is 22.9 Å². The third kappa shape index (κ3) is 3.63. The fourth-order valence-corrected chi connectivity index (χ4v) is 5.44. The Morgan fingerprint density at radius 2 is 2.00 bits per heavy atom. The quantitative estimate of drug-likeness (QED) is 0.546. The molecule has 0 saturated carbocycles. The van der Waals surface area contributed by atoms with Gasteiger partial charge < -0.3 is 25.6 Å². The minimum absolute atomic E-state index is 0.0245. The van der Waals surface area contributed by atoms with Crippen LogP contribution in [0.25, 0.3) is 22.5 Å². The zero-order chi connectivity index (χ0) is 25.0. The number of rotatable bonds is 6. The molecule has 3 aromatic rings. The molecule has 2 bridgehead atoms. The summed E-state index contributed by atoms with van der Waals surface area (Å²) in [7, 11) is 1.41. The van der Waals surface area contributed by atoms with Gasteiger partial charge >= 0.3 is 0 Å². The van der Waals surface area contributed by atoms with Crippen LogP contribution in [0.15, 0.2) is 36.5 Å². The maximum Gasteiger partial charge on any atom is 0.268 e. The second-order valence-corrected chi connectivity index (χ2v) is 9.45. The van der Waals surface area contributed by atoms with Crippen molar-refractivity contribution >= 4 is 17.3 Å². The number of halogens is 2. The number of amides is 1. The molecule has 1 amide bonds. The lowest BCUT2D eigenvalue weighted by Gasteiger charge is -2.36. The molecule has 3 fully saturated rings. The molecule has 36 heavy (non-hydrogen) atoms. The molecule has 0 radical (unpaired) electrons. The fraction of sp³-hybridized carbons (Fsp3) is 0.346. The highest BCUT2D eigenvalue weighted by atomic mass is 19.1. The van der Waals surface area contributed by atoms with Crippen molar-refractivity contribution in [1.29, 1.82) is 0 Å². The first-order valence-corrected chi connectivity index (χ1v) is 12.0. The largest absolute Gasteiger partial charge is 0.496 e. The van der Waals surface area contributed by atoms with Crippen molar-refractivity contribution in [2.24, 2.45) is 5.73 Å². The highest BCUT2D eigenvalue weighted by Crippen LogP contribution is 2.42. The Bertz CT molecular complexity index is 1360. The number of benzene rings is 2. The van der Waals surface area contributed by atoms with Crippen molar-refractivity contribution in [3.8, 4) is 28.3 Å². The molecule has 4 heterocycles. The first-order chi connectivity index (χ1) is 17.4. The van der Waals surface area contributed by atoms with E-state index in [1.807, 2.05) is 11.0 Å². The number of carbonyl (C=O) groups excluding carboxylic acids is 1. The van der Waals surface area contributed by atoms with Gasteiger partial charge in [-0.1, -0.05) is 6.07 Å². The molecule has 10 heteroatoms. The van der Waals surface area contributed by atoms with Gasteiger partial charge in [0.1, 0.15) is 23.1 Å². The van der Waals surface area contributed by atoms with Gasteiger partial charge in [-0.3, -0.25) is 4.79 Å². The molecule has 2 aromatic carbocycles. The van der Waals surface area contributed by atoms with Gasteiger partial charge in [0.25, 0.3) is 5.91 Å². The van der Waals surface area contributed by atoms with Gasteiger partial charge in [-0.15, -0.1) is 0 Å². The van der Waals surface area contributed by atoms with Crippen LogP contribution in [0.3, 0.4) is 0 Å². The van der Waals surface area contributed by atoms with E-state index in [2.05, 4.69) is 20.2 Å². The molecule has 1 aromatic heterocycles. The zero-order valence-corrected chi connectivity index (χ0v) is 19.8. The van der Waals surface area contributed by atoms with E-state index in [0.717, 1.165) is 44.7 Å². The van der Waals surface area contributed by atoms with E-state index < -0.39 is 11.7 Å². The summed E-state index contributed by atoms with van der Waals surface area (Å²) < 4.78 is 35.4. The van der Waals surface area contributed by atoms with E-state index in [1.165, 1.54) is 31.5 Å². The van der Waals surface area contributed by atoms with E-state index in [9.17, 15) is 9.18 Å². The minimum Gasteiger partial charge on any atom is -0.496 e. The van der Waals surface area contributed by atoms with Gasteiger partial charge in [0.2, 0.25) is 0 Å². The molecule has 8 nitrogen and oxygen atoms in total. The number of fused-ring (bicyclic) bond motifs is 2. The lowest BCUT2D eigenvalue weighted by atomic mass is 9.99. The van der Waals surface area contributed by atoms with E-state index >= 15 is 4.39 Å². The third-order valence-electron chi connectivity index (χ3n) is 7.36. The van der Waals surface area contributed by atoms with Gasteiger partial charge in [-0.25, -0.2) is 18.7 Å². The summed E-state index contributed by atoms with van der Waals surface area (Å²) in [6, 6.07) is 8.29. The highest BCUT2D eigenvalue weighted by molar-refractivity contribution is 6.00. The summed E-state index contributed by atoms with van der Waals surface area (Å²) in [4.78, 5) is 25.6. The van der Waals surface area contributed by atoms with Crippen LogP contribution < -0.4 is 25.6 Å². The molecular weight excluding hydrogens is 466 g/mol. The monoisotopic (exact) mass is 492 g/mol. The Balaban J connectivity index is 1.52. The van der Waals surface area contributed by atoms with Crippen molar-refractivity contribution in [2.45, 2.75) is 24.9 Å². The summed E-state index contributed by atoms with van der Waals surface area (Å²) in [5.74, 6) is -1.60. The number of methoxy groups -OCH3 is 1. The van der Waals surface area contributed by atoms with Crippen LogP contribution >= 0.6 is 0 Å². The van der Waals surface area contributed by atoms with Crippen LogP contribution in [0.5, 0.6) is 5.75 Å².